The number of carbonyl (C=O) groups is 1. The van der Waals surface area contributed by atoms with Gasteiger partial charge in [-0.1, -0.05) is 35.6 Å². The first kappa shape index (κ1) is 19.7. The third kappa shape index (κ3) is 4.68. The number of urea groups is 1. The number of thiazole rings is 1. The molecule has 152 valence electrons. The van der Waals surface area contributed by atoms with Crippen molar-refractivity contribution in [2.24, 2.45) is 0 Å². The summed E-state index contributed by atoms with van der Waals surface area (Å²) in [5.41, 5.74) is 1.04. The van der Waals surface area contributed by atoms with Crippen LogP contribution in [0.15, 0.2) is 48.5 Å². The maximum atomic E-state index is 12.7. The lowest BCUT2D eigenvalue weighted by molar-refractivity contribution is -0.137. The van der Waals surface area contributed by atoms with E-state index in [0.717, 1.165) is 27.9 Å². The molecular formula is C20H19F3N4OS. The van der Waals surface area contributed by atoms with E-state index < -0.39 is 11.7 Å². The van der Waals surface area contributed by atoms with E-state index in [1.807, 2.05) is 24.3 Å². The first-order valence-corrected chi connectivity index (χ1v) is 10.0. The highest BCUT2D eigenvalue weighted by molar-refractivity contribution is 7.22. The van der Waals surface area contributed by atoms with E-state index in [9.17, 15) is 18.0 Å². The van der Waals surface area contributed by atoms with Gasteiger partial charge in [-0.3, -0.25) is 10.2 Å². The van der Waals surface area contributed by atoms with Gasteiger partial charge < -0.3 is 4.90 Å². The molecule has 0 saturated carbocycles. The van der Waals surface area contributed by atoms with Crippen LogP contribution in [-0.4, -0.2) is 47.0 Å². The highest BCUT2D eigenvalue weighted by Crippen LogP contribution is 2.29. The molecule has 0 unspecified atom stereocenters. The monoisotopic (exact) mass is 420 g/mol. The molecule has 1 saturated heterocycles. The summed E-state index contributed by atoms with van der Waals surface area (Å²) in [6.45, 7) is 2.99. The van der Waals surface area contributed by atoms with Gasteiger partial charge in [0.15, 0.2) is 5.13 Å². The van der Waals surface area contributed by atoms with Crippen LogP contribution in [0.25, 0.3) is 10.2 Å². The summed E-state index contributed by atoms with van der Waals surface area (Å²) in [5.74, 6) is 0. The van der Waals surface area contributed by atoms with E-state index in [4.69, 9.17) is 0 Å². The number of aromatic nitrogens is 1. The fourth-order valence-electron chi connectivity index (χ4n) is 3.26. The van der Waals surface area contributed by atoms with E-state index in [2.05, 4.69) is 15.2 Å². The highest BCUT2D eigenvalue weighted by atomic mass is 32.1. The van der Waals surface area contributed by atoms with Crippen LogP contribution in [0, 0.1) is 0 Å². The molecule has 2 aromatic carbocycles. The van der Waals surface area contributed by atoms with Crippen LogP contribution in [0.1, 0.15) is 11.1 Å². The van der Waals surface area contributed by atoms with Gasteiger partial charge in [-0.15, -0.1) is 0 Å². The molecule has 0 atom stereocenters. The fraction of sp³-hybridized carbons (Fsp3) is 0.300. The third-order valence-corrected chi connectivity index (χ3v) is 5.81. The molecule has 0 spiro atoms. The number of anilines is 1. The second-order valence-corrected chi connectivity index (χ2v) is 7.91. The highest BCUT2D eigenvalue weighted by Gasteiger charge is 2.30. The van der Waals surface area contributed by atoms with Crippen molar-refractivity contribution in [2.75, 3.05) is 31.5 Å². The topological polar surface area (TPSA) is 48.5 Å². The number of hydrogen-bond acceptors (Lipinski definition) is 4. The Morgan fingerprint density at radius 3 is 2.38 bits per heavy atom. The maximum Gasteiger partial charge on any atom is 0.416 e. The van der Waals surface area contributed by atoms with Gasteiger partial charge in [0.05, 0.1) is 15.8 Å². The quantitative estimate of drug-likeness (QED) is 0.670. The van der Waals surface area contributed by atoms with Crippen molar-refractivity contribution >= 4 is 32.7 Å². The van der Waals surface area contributed by atoms with Gasteiger partial charge in [-0.2, -0.15) is 13.2 Å². The molecule has 2 amide bonds. The second-order valence-electron chi connectivity index (χ2n) is 6.87. The molecule has 1 aromatic heterocycles. The number of amides is 2. The van der Waals surface area contributed by atoms with Crippen molar-refractivity contribution in [1.82, 2.24) is 14.8 Å². The minimum absolute atomic E-state index is 0.182. The number of para-hydroxylation sites is 1. The summed E-state index contributed by atoms with van der Waals surface area (Å²) >= 11 is 1.43. The molecule has 5 nitrogen and oxygen atoms in total. The van der Waals surface area contributed by atoms with Gasteiger partial charge in [-0.25, -0.2) is 9.78 Å². The number of fused-ring (bicyclic) bond motifs is 1. The first-order chi connectivity index (χ1) is 13.9. The molecule has 0 aliphatic carbocycles. The minimum atomic E-state index is -4.32. The van der Waals surface area contributed by atoms with E-state index in [1.165, 1.54) is 23.5 Å². The van der Waals surface area contributed by atoms with Crippen LogP contribution >= 0.6 is 11.3 Å². The van der Waals surface area contributed by atoms with Gasteiger partial charge in [0.25, 0.3) is 0 Å². The molecule has 4 rings (SSSR count). The van der Waals surface area contributed by atoms with E-state index in [-0.39, 0.29) is 6.03 Å². The first-order valence-electron chi connectivity index (χ1n) is 9.18. The zero-order valence-corrected chi connectivity index (χ0v) is 16.3. The van der Waals surface area contributed by atoms with Crippen molar-refractivity contribution in [3.63, 3.8) is 0 Å². The fourth-order valence-corrected chi connectivity index (χ4v) is 4.12. The summed E-state index contributed by atoms with van der Waals surface area (Å²) in [4.78, 5) is 20.8. The molecule has 2 heterocycles. The number of alkyl halides is 3. The zero-order valence-electron chi connectivity index (χ0n) is 15.4. The van der Waals surface area contributed by atoms with Crippen LogP contribution in [0.2, 0.25) is 0 Å². The van der Waals surface area contributed by atoms with Crippen LogP contribution in [-0.2, 0) is 12.7 Å². The Balaban J connectivity index is 1.29. The lowest BCUT2D eigenvalue weighted by Gasteiger charge is -2.34. The normalized spacial score (nSPS) is 15.6. The van der Waals surface area contributed by atoms with Crippen LogP contribution in [0.4, 0.5) is 23.1 Å². The van der Waals surface area contributed by atoms with E-state index in [1.54, 1.807) is 4.90 Å². The number of halogens is 3. The second kappa shape index (κ2) is 8.00. The molecular weight excluding hydrogens is 401 g/mol. The summed E-state index contributed by atoms with van der Waals surface area (Å²) in [6, 6.07) is 12.8. The Bertz CT molecular complexity index is 962. The zero-order chi connectivity index (χ0) is 20.4. The average Bonchev–Trinajstić information content (AvgIpc) is 3.10. The van der Waals surface area contributed by atoms with Crippen molar-refractivity contribution in [3.05, 3.63) is 59.7 Å². The number of nitrogens with one attached hydrogen (secondary N) is 1. The van der Waals surface area contributed by atoms with E-state index >= 15 is 0 Å². The molecule has 1 aliphatic rings. The van der Waals surface area contributed by atoms with Crippen LogP contribution in [0.5, 0.6) is 0 Å². The Labute approximate surface area is 169 Å². The number of benzene rings is 2. The van der Waals surface area contributed by atoms with Gasteiger partial charge in [0, 0.05) is 32.7 Å². The van der Waals surface area contributed by atoms with Crippen LogP contribution in [0.3, 0.4) is 0 Å². The third-order valence-electron chi connectivity index (χ3n) is 4.85. The van der Waals surface area contributed by atoms with Gasteiger partial charge in [-0.05, 0) is 29.8 Å². The van der Waals surface area contributed by atoms with E-state index in [0.29, 0.717) is 37.9 Å². The summed E-state index contributed by atoms with van der Waals surface area (Å²) in [7, 11) is 0. The average molecular weight is 420 g/mol. The van der Waals surface area contributed by atoms with Gasteiger partial charge in [0.1, 0.15) is 0 Å². The lowest BCUT2D eigenvalue weighted by atomic mass is 10.1. The predicted molar refractivity (Wildman–Crippen MR) is 107 cm³/mol. The van der Waals surface area contributed by atoms with Gasteiger partial charge >= 0.3 is 12.2 Å². The number of rotatable bonds is 3. The van der Waals surface area contributed by atoms with Crippen molar-refractivity contribution in [1.29, 1.82) is 0 Å². The Morgan fingerprint density at radius 1 is 1.03 bits per heavy atom. The van der Waals surface area contributed by atoms with Crippen molar-refractivity contribution in [3.8, 4) is 0 Å². The van der Waals surface area contributed by atoms with Gasteiger partial charge in [0.2, 0.25) is 0 Å². The smallest absolute Gasteiger partial charge is 0.322 e. The lowest BCUT2D eigenvalue weighted by Crippen LogP contribution is -2.49. The molecule has 1 aliphatic heterocycles. The molecule has 0 radical (unpaired) electrons. The Kier molecular flexibility index (Phi) is 5.42. The maximum absolute atomic E-state index is 12.7. The standard InChI is InChI=1S/C20H19F3N4OS/c21-20(22,23)15-7-5-14(6-8-15)13-26-9-11-27(12-10-26)19(28)25-18-24-16-3-1-2-4-17(16)29-18/h1-8H,9-13H2,(H,24,25,28). The Hall–Kier alpha value is -2.65. The number of hydrogen-bond donors (Lipinski definition) is 1. The summed E-state index contributed by atoms with van der Waals surface area (Å²) in [6.07, 6.45) is -4.32. The number of piperazine rings is 1. The molecule has 9 heteroatoms. The SMILES string of the molecule is O=C(Nc1nc2ccccc2s1)N1CCN(Cc2ccc(C(F)(F)F)cc2)CC1. The Morgan fingerprint density at radius 2 is 1.72 bits per heavy atom. The summed E-state index contributed by atoms with van der Waals surface area (Å²) in [5, 5.41) is 3.43. The number of carbonyl (C=O) groups excluding carboxylic acids is 1. The molecule has 29 heavy (non-hydrogen) atoms. The van der Waals surface area contributed by atoms with Crippen molar-refractivity contribution < 1.29 is 18.0 Å². The number of nitrogens with zero attached hydrogens (tertiary/aromatic N) is 3. The molecule has 3 aromatic rings. The minimum Gasteiger partial charge on any atom is -0.322 e. The molecule has 1 fully saturated rings. The molecule has 0 bridgehead atoms. The molecule has 1 N–H and O–H groups in total. The van der Waals surface area contributed by atoms with Crippen molar-refractivity contribution in [2.45, 2.75) is 12.7 Å². The van der Waals surface area contributed by atoms with Crippen LogP contribution < -0.4 is 5.32 Å². The predicted octanol–water partition coefficient (Wildman–Crippen LogP) is 4.66. The summed E-state index contributed by atoms with van der Waals surface area (Å²) < 4.78 is 39.0. The largest absolute Gasteiger partial charge is 0.416 e.